The minimum atomic E-state index is -0.808. The molecule has 0 aliphatic heterocycles. The van der Waals surface area contributed by atoms with Gasteiger partial charge in [-0.05, 0) is 30.4 Å². The molecule has 1 atom stereocenters. The van der Waals surface area contributed by atoms with Crippen molar-refractivity contribution in [1.29, 1.82) is 0 Å². The third kappa shape index (κ3) is 5.27. The van der Waals surface area contributed by atoms with E-state index >= 15 is 0 Å². The van der Waals surface area contributed by atoms with Crippen LogP contribution in [0.2, 0.25) is 0 Å². The molecular weight excluding hydrogens is 228 g/mol. The van der Waals surface area contributed by atoms with Gasteiger partial charge in [-0.3, -0.25) is 15.1 Å². The Labute approximate surface area is 108 Å². The van der Waals surface area contributed by atoms with Gasteiger partial charge in [0.2, 0.25) is 0 Å². The topological polar surface area (TPSA) is 62.2 Å². The van der Waals surface area contributed by atoms with Crippen LogP contribution in [0.25, 0.3) is 0 Å². The Morgan fingerprint density at radius 3 is 2.56 bits per heavy atom. The smallest absolute Gasteiger partial charge is 0.320 e. The van der Waals surface area contributed by atoms with E-state index in [0.717, 1.165) is 11.3 Å². The van der Waals surface area contributed by atoms with Crippen molar-refractivity contribution in [2.75, 3.05) is 0 Å². The fraction of sp³-hybridized carbons (Fsp3) is 0.571. The minimum absolute atomic E-state index is 0.0171. The summed E-state index contributed by atoms with van der Waals surface area (Å²) in [6, 6.07) is 3.36. The molecule has 1 aromatic heterocycles. The second kappa shape index (κ2) is 5.96. The lowest BCUT2D eigenvalue weighted by Crippen LogP contribution is -2.39. The molecule has 0 bridgehead atoms. The number of aliphatic carboxylic acids is 1. The van der Waals surface area contributed by atoms with Crippen molar-refractivity contribution in [2.45, 2.75) is 46.7 Å². The summed E-state index contributed by atoms with van der Waals surface area (Å²) in [7, 11) is 0. The molecule has 18 heavy (non-hydrogen) atoms. The summed E-state index contributed by atoms with van der Waals surface area (Å²) >= 11 is 0. The summed E-state index contributed by atoms with van der Waals surface area (Å²) in [5.41, 5.74) is 1.94. The van der Waals surface area contributed by atoms with E-state index in [1.54, 1.807) is 6.20 Å². The van der Waals surface area contributed by atoms with Gasteiger partial charge in [-0.2, -0.15) is 0 Å². The third-order valence-electron chi connectivity index (χ3n) is 2.62. The number of carbonyl (C=O) groups is 1. The standard InChI is InChI=1S/C14H22N2O2/c1-10-5-6-11(15-8-10)9-16-12(13(17)18)7-14(2,3)4/h5-6,8,12,16H,7,9H2,1-4H3,(H,17,18). The number of aromatic nitrogens is 1. The van der Waals surface area contributed by atoms with Gasteiger partial charge in [-0.1, -0.05) is 26.8 Å². The molecule has 1 rings (SSSR count). The fourth-order valence-electron chi connectivity index (χ4n) is 1.69. The molecule has 0 aliphatic carbocycles. The molecule has 0 amide bonds. The van der Waals surface area contributed by atoms with Gasteiger partial charge in [0.25, 0.3) is 0 Å². The summed E-state index contributed by atoms with van der Waals surface area (Å²) in [5, 5.41) is 12.2. The number of hydrogen-bond acceptors (Lipinski definition) is 3. The average molecular weight is 250 g/mol. The van der Waals surface area contributed by atoms with Gasteiger partial charge in [-0.15, -0.1) is 0 Å². The molecule has 2 N–H and O–H groups in total. The number of carboxylic acids is 1. The summed E-state index contributed by atoms with van der Waals surface area (Å²) in [6.45, 7) is 8.56. The normalized spacial score (nSPS) is 13.3. The van der Waals surface area contributed by atoms with Crippen LogP contribution in [0.4, 0.5) is 0 Å². The lowest BCUT2D eigenvalue weighted by Gasteiger charge is -2.23. The number of nitrogens with one attached hydrogen (secondary N) is 1. The van der Waals surface area contributed by atoms with E-state index in [1.807, 2.05) is 39.8 Å². The molecule has 100 valence electrons. The summed E-state index contributed by atoms with van der Waals surface area (Å²) in [4.78, 5) is 15.4. The zero-order valence-corrected chi connectivity index (χ0v) is 11.5. The number of rotatable bonds is 5. The third-order valence-corrected chi connectivity index (χ3v) is 2.62. The summed E-state index contributed by atoms with van der Waals surface area (Å²) in [5.74, 6) is -0.808. The van der Waals surface area contributed by atoms with Gasteiger partial charge in [0.15, 0.2) is 0 Å². The molecule has 0 aliphatic rings. The number of pyridine rings is 1. The first kappa shape index (κ1) is 14.6. The predicted molar refractivity (Wildman–Crippen MR) is 71.3 cm³/mol. The highest BCUT2D eigenvalue weighted by atomic mass is 16.4. The zero-order chi connectivity index (χ0) is 13.8. The second-order valence-electron chi connectivity index (χ2n) is 5.86. The van der Waals surface area contributed by atoms with E-state index in [1.165, 1.54) is 0 Å². The van der Waals surface area contributed by atoms with E-state index < -0.39 is 12.0 Å². The highest BCUT2D eigenvalue weighted by Gasteiger charge is 2.23. The summed E-state index contributed by atoms with van der Waals surface area (Å²) < 4.78 is 0. The summed E-state index contributed by atoms with van der Waals surface area (Å²) in [6.07, 6.45) is 2.38. The van der Waals surface area contributed by atoms with Gasteiger partial charge in [0.05, 0.1) is 5.69 Å². The quantitative estimate of drug-likeness (QED) is 0.842. The molecular formula is C14H22N2O2. The van der Waals surface area contributed by atoms with Crippen molar-refractivity contribution in [1.82, 2.24) is 10.3 Å². The molecule has 0 saturated heterocycles. The van der Waals surface area contributed by atoms with E-state index in [2.05, 4.69) is 10.3 Å². The molecule has 0 spiro atoms. The van der Waals surface area contributed by atoms with Gasteiger partial charge in [0, 0.05) is 12.7 Å². The molecule has 0 saturated carbocycles. The Kier molecular flexibility index (Phi) is 4.84. The van der Waals surface area contributed by atoms with E-state index in [-0.39, 0.29) is 5.41 Å². The Hall–Kier alpha value is -1.42. The maximum Gasteiger partial charge on any atom is 0.320 e. The lowest BCUT2D eigenvalue weighted by atomic mass is 9.88. The second-order valence-corrected chi connectivity index (χ2v) is 5.86. The van der Waals surface area contributed by atoms with Gasteiger partial charge in [-0.25, -0.2) is 0 Å². The van der Waals surface area contributed by atoms with Crippen LogP contribution in [0.3, 0.4) is 0 Å². The first-order chi connectivity index (χ1) is 8.28. The van der Waals surface area contributed by atoms with Crippen molar-refractivity contribution >= 4 is 5.97 Å². The fourth-order valence-corrected chi connectivity index (χ4v) is 1.69. The Morgan fingerprint density at radius 2 is 2.11 bits per heavy atom. The lowest BCUT2D eigenvalue weighted by molar-refractivity contribution is -0.140. The molecule has 1 heterocycles. The molecule has 1 unspecified atom stereocenters. The Balaban J connectivity index is 2.57. The van der Waals surface area contributed by atoms with Crippen LogP contribution >= 0.6 is 0 Å². The minimum Gasteiger partial charge on any atom is -0.480 e. The maximum absolute atomic E-state index is 11.2. The number of hydrogen-bond donors (Lipinski definition) is 2. The van der Waals surface area contributed by atoms with Crippen LogP contribution in [-0.4, -0.2) is 22.1 Å². The van der Waals surface area contributed by atoms with E-state index in [9.17, 15) is 9.90 Å². The first-order valence-corrected chi connectivity index (χ1v) is 6.16. The van der Waals surface area contributed by atoms with Crippen LogP contribution in [-0.2, 0) is 11.3 Å². The molecule has 0 radical (unpaired) electrons. The molecule has 1 aromatic rings. The van der Waals surface area contributed by atoms with Crippen molar-refractivity contribution in [3.05, 3.63) is 29.6 Å². The van der Waals surface area contributed by atoms with Crippen molar-refractivity contribution in [3.8, 4) is 0 Å². The monoisotopic (exact) mass is 250 g/mol. The van der Waals surface area contributed by atoms with Gasteiger partial charge < -0.3 is 5.11 Å². The first-order valence-electron chi connectivity index (χ1n) is 6.16. The van der Waals surface area contributed by atoms with E-state index in [4.69, 9.17) is 0 Å². The predicted octanol–water partition coefficient (Wildman–Crippen LogP) is 2.37. The van der Waals surface area contributed by atoms with Crippen molar-refractivity contribution in [2.24, 2.45) is 5.41 Å². The molecule has 4 heteroatoms. The van der Waals surface area contributed by atoms with Crippen LogP contribution in [0.15, 0.2) is 18.3 Å². The number of aryl methyl sites for hydroxylation is 1. The van der Waals surface area contributed by atoms with Crippen molar-refractivity contribution in [3.63, 3.8) is 0 Å². The number of nitrogens with zero attached hydrogens (tertiary/aromatic N) is 1. The van der Waals surface area contributed by atoms with Crippen molar-refractivity contribution < 1.29 is 9.90 Å². The number of carboxylic acid groups (broad SMARTS) is 1. The maximum atomic E-state index is 11.2. The highest BCUT2D eigenvalue weighted by molar-refractivity contribution is 5.73. The van der Waals surface area contributed by atoms with Crippen LogP contribution in [0.5, 0.6) is 0 Å². The average Bonchev–Trinajstić information content (AvgIpc) is 2.24. The van der Waals surface area contributed by atoms with Gasteiger partial charge in [0.1, 0.15) is 6.04 Å². The zero-order valence-electron chi connectivity index (χ0n) is 11.5. The molecule has 4 nitrogen and oxygen atoms in total. The Morgan fingerprint density at radius 1 is 1.44 bits per heavy atom. The largest absolute Gasteiger partial charge is 0.480 e. The van der Waals surface area contributed by atoms with Gasteiger partial charge >= 0.3 is 5.97 Å². The highest BCUT2D eigenvalue weighted by Crippen LogP contribution is 2.21. The van der Waals surface area contributed by atoms with Crippen LogP contribution in [0, 0.1) is 12.3 Å². The molecule has 0 fully saturated rings. The Bertz CT molecular complexity index is 393. The van der Waals surface area contributed by atoms with Crippen LogP contribution in [0.1, 0.15) is 38.4 Å². The van der Waals surface area contributed by atoms with Crippen LogP contribution < -0.4 is 5.32 Å². The molecule has 0 aromatic carbocycles. The SMILES string of the molecule is Cc1ccc(CNC(CC(C)(C)C)C(=O)O)nc1. The van der Waals surface area contributed by atoms with E-state index in [0.29, 0.717) is 13.0 Å².